The Hall–Kier alpha value is -4.40. The molecule has 2 aliphatic heterocycles. The van der Waals surface area contributed by atoms with Gasteiger partial charge in [-0.05, 0) is 99.9 Å². The maximum atomic E-state index is 13.7. The summed E-state index contributed by atoms with van der Waals surface area (Å²) in [6, 6.07) is 9.91. The molecule has 0 bridgehead atoms. The van der Waals surface area contributed by atoms with Crippen LogP contribution in [0.3, 0.4) is 0 Å². The summed E-state index contributed by atoms with van der Waals surface area (Å²) < 4.78 is 11.4. The Labute approximate surface area is 252 Å². The summed E-state index contributed by atoms with van der Waals surface area (Å²) in [4.78, 5) is 42.9. The maximum absolute atomic E-state index is 13.7. The van der Waals surface area contributed by atoms with Crippen LogP contribution in [0.4, 0.5) is 4.79 Å². The highest BCUT2D eigenvalue weighted by Crippen LogP contribution is 2.40. The van der Waals surface area contributed by atoms with E-state index in [1.54, 1.807) is 18.3 Å². The monoisotopic (exact) mass is 581 g/mol. The number of nitrogens with one attached hydrogen (secondary N) is 1. The highest BCUT2D eigenvalue weighted by Gasteiger charge is 2.36. The van der Waals surface area contributed by atoms with Crippen LogP contribution in [-0.2, 0) is 17.7 Å². The fraction of sp³-hybridized carbons (Fsp3) is 0.412. The SMILES string of the molecule is CCOc1cc(C(=O)N2CCc3cc(-c4cnc5[nH]cc(C)c5c4)cc([C@@H]4CCCN4C(=O)OC(C)(C)C)c3C2)ccn1. The molecule has 1 atom stereocenters. The van der Waals surface area contributed by atoms with Crippen LogP contribution in [0.2, 0.25) is 0 Å². The number of hydrogen-bond acceptors (Lipinski definition) is 6. The summed E-state index contributed by atoms with van der Waals surface area (Å²) in [6.45, 7) is 11.8. The molecule has 9 nitrogen and oxygen atoms in total. The van der Waals surface area contributed by atoms with Gasteiger partial charge in [-0.15, -0.1) is 0 Å². The van der Waals surface area contributed by atoms with Gasteiger partial charge in [-0.2, -0.15) is 0 Å². The molecule has 4 aromatic rings. The van der Waals surface area contributed by atoms with Gasteiger partial charge in [0, 0.05) is 60.8 Å². The fourth-order valence-corrected chi connectivity index (χ4v) is 6.21. The van der Waals surface area contributed by atoms with E-state index in [0.717, 1.165) is 51.7 Å². The second kappa shape index (κ2) is 11.4. The third-order valence-electron chi connectivity index (χ3n) is 8.25. The van der Waals surface area contributed by atoms with Gasteiger partial charge in [-0.3, -0.25) is 4.79 Å². The van der Waals surface area contributed by atoms with Crippen LogP contribution in [0, 0.1) is 6.92 Å². The van der Waals surface area contributed by atoms with E-state index in [0.29, 0.717) is 44.1 Å². The van der Waals surface area contributed by atoms with Crippen molar-refractivity contribution in [2.45, 2.75) is 72.1 Å². The normalized spacial score (nSPS) is 16.8. The van der Waals surface area contributed by atoms with Crippen molar-refractivity contribution in [2.75, 3.05) is 19.7 Å². The predicted octanol–water partition coefficient (Wildman–Crippen LogP) is 6.60. The van der Waals surface area contributed by atoms with Crippen LogP contribution in [-0.4, -0.2) is 62.0 Å². The first-order valence-corrected chi connectivity index (χ1v) is 15.1. The van der Waals surface area contributed by atoms with Crippen LogP contribution >= 0.6 is 0 Å². The summed E-state index contributed by atoms with van der Waals surface area (Å²) >= 11 is 0. The van der Waals surface area contributed by atoms with E-state index in [4.69, 9.17) is 9.47 Å². The lowest BCUT2D eigenvalue weighted by Gasteiger charge is -2.35. The van der Waals surface area contributed by atoms with Crippen molar-refractivity contribution in [3.63, 3.8) is 0 Å². The van der Waals surface area contributed by atoms with E-state index in [9.17, 15) is 9.59 Å². The lowest BCUT2D eigenvalue weighted by atomic mass is 9.86. The quantitative estimate of drug-likeness (QED) is 0.285. The summed E-state index contributed by atoms with van der Waals surface area (Å²) in [5.74, 6) is 0.385. The summed E-state index contributed by atoms with van der Waals surface area (Å²) in [7, 11) is 0. The lowest BCUT2D eigenvalue weighted by Crippen LogP contribution is -2.39. The zero-order valence-corrected chi connectivity index (χ0v) is 25.6. The van der Waals surface area contributed by atoms with Gasteiger partial charge in [0.1, 0.15) is 11.2 Å². The summed E-state index contributed by atoms with van der Waals surface area (Å²) in [5.41, 5.74) is 7.44. The van der Waals surface area contributed by atoms with Crippen molar-refractivity contribution in [1.29, 1.82) is 0 Å². The molecule has 43 heavy (non-hydrogen) atoms. The molecule has 5 heterocycles. The minimum absolute atomic E-state index is 0.0583. The molecular formula is C34H39N5O4. The van der Waals surface area contributed by atoms with E-state index >= 15 is 0 Å². The highest BCUT2D eigenvalue weighted by molar-refractivity contribution is 5.94. The molecule has 0 radical (unpaired) electrons. The Bertz CT molecular complexity index is 1690. The number of aromatic amines is 1. The highest BCUT2D eigenvalue weighted by atomic mass is 16.6. The average molecular weight is 582 g/mol. The number of aryl methyl sites for hydroxylation is 1. The van der Waals surface area contributed by atoms with E-state index in [-0.39, 0.29) is 18.0 Å². The Balaban J connectivity index is 1.40. The standard InChI is InChI=1S/C34H39N5O4/c1-6-42-30-17-23(9-11-35-30)32(40)38-13-10-22-14-24(25-16-26-21(2)18-36-31(26)37-19-25)15-27(28(22)20-38)29-8-7-12-39(29)33(41)43-34(3,4)5/h9,11,14-19,29H,6-8,10,12-13,20H2,1-5H3,(H,36,37)/t29-/m0/s1. The summed E-state index contributed by atoms with van der Waals surface area (Å²) in [6.07, 6.45) is 7.62. The third-order valence-corrected chi connectivity index (χ3v) is 8.25. The molecular weight excluding hydrogens is 542 g/mol. The van der Waals surface area contributed by atoms with E-state index < -0.39 is 5.60 Å². The van der Waals surface area contributed by atoms with Crippen molar-refractivity contribution >= 4 is 23.0 Å². The van der Waals surface area contributed by atoms with Gasteiger partial charge < -0.3 is 24.3 Å². The molecule has 2 aliphatic rings. The molecule has 1 fully saturated rings. The molecule has 1 aromatic carbocycles. The van der Waals surface area contributed by atoms with Crippen molar-refractivity contribution in [1.82, 2.24) is 24.8 Å². The number of benzene rings is 1. The molecule has 0 aliphatic carbocycles. The fourth-order valence-electron chi connectivity index (χ4n) is 6.21. The number of carbonyl (C=O) groups is 2. The lowest BCUT2D eigenvalue weighted by molar-refractivity contribution is 0.0222. The molecule has 0 saturated carbocycles. The number of likely N-dealkylation sites (tertiary alicyclic amines) is 1. The maximum Gasteiger partial charge on any atom is 0.410 e. The molecule has 6 rings (SSSR count). The zero-order valence-electron chi connectivity index (χ0n) is 25.6. The Kier molecular flexibility index (Phi) is 7.58. The van der Waals surface area contributed by atoms with Crippen molar-refractivity contribution in [2.24, 2.45) is 0 Å². The second-order valence-electron chi connectivity index (χ2n) is 12.4. The smallest absolute Gasteiger partial charge is 0.410 e. The average Bonchev–Trinajstić information content (AvgIpc) is 3.62. The number of carbonyl (C=O) groups excluding carboxylic acids is 2. The largest absolute Gasteiger partial charge is 0.478 e. The number of ether oxygens (including phenoxy) is 2. The van der Waals surface area contributed by atoms with Crippen molar-refractivity contribution < 1.29 is 19.1 Å². The van der Waals surface area contributed by atoms with Gasteiger partial charge in [0.25, 0.3) is 5.91 Å². The molecule has 2 amide bonds. The predicted molar refractivity (Wildman–Crippen MR) is 165 cm³/mol. The van der Waals surface area contributed by atoms with E-state index in [1.165, 1.54) is 5.56 Å². The second-order valence-corrected chi connectivity index (χ2v) is 12.4. The number of amides is 2. The van der Waals surface area contributed by atoms with Crippen LogP contribution in [0.1, 0.15) is 79.2 Å². The molecule has 3 aromatic heterocycles. The minimum atomic E-state index is -0.588. The van der Waals surface area contributed by atoms with Gasteiger partial charge in [-0.25, -0.2) is 14.8 Å². The van der Waals surface area contributed by atoms with Gasteiger partial charge in [0.2, 0.25) is 5.88 Å². The van der Waals surface area contributed by atoms with Gasteiger partial charge >= 0.3 is 6.09 Å². The number of hydrogen-bond donors (Lipinski definition) is 1. The van der Waals surface area contributed by atoms with Crippen LogP contribution in [0.15, 0.2) is 48.9 Å². The van der Waals surface area contributed by atoms with Crippen LogP contribution in [0.5, 0.6) is 5.88 Å². The van der Waals surface area contributed by atoms with E-state index in [2.05, 4.69) is 40.1 Å². The van der Waals surface area contributed by atoms with Crippen LogP contribution < -0.4 is 4.74 Å². The molecule has 0 spiro atoms. The third kappa shape index (κ3) is 5.81. The van der Waals surface area contributed by atoms with Crippen molar-refractivity contribution in [3.05, 3.63) is 76.7 Å². The first kappa shape index (κ1) is 28.7. The van der Waals surface area contributed by atoms with Gasteiger partial charge in [-0.1, -0.05) is 6.07 Å². The molecule has 9 heteroatoms. The van der Waals surface area contributed by atoms with E-state index in [1.807, 2.05) is 49.9 Å². The first-order chi connectivity index (χ1) is 20.6. The van der Waals surface area contributed by atoms with Crippen LogP contribution in [0.25, 0.3) is 22.2 Å². The number of H-pyrrole nitrogens is 1. The van der Waals surface area contributed by atoms with Gasteiger partial charge in [0.05, 0.1) is 12.6 Å². The minimum Gasteiger partial charge on any atom is -0.478 e. The zero-order chi connectivity index (χ0) is 30.3. The topological polar surface area (TPSA) is 101 Å². The molecule has 224 valence electrons. The van der Waals surface area contributed by atoms with Gasteiger partial charge in [0.15, 0.2) is 0 Å². The summed E-state index contributed by atoms with van der Waals surface area (Å²) in [5, 5.41) is 1.09. The number of nitrogens with zero attached hydrogens (tertiary/aromatic N) is 4. The first-order valence-electron chi connectivity index (χ1n) is 15.1. The number of aromatic nitrogens is 3. The number of rotatable bonds is 5. The number of fused-ring (bicyclic) bond motifs is 2. The molecule has 1 saturated heterocycles. The molecule has 0 unspecified atom stereocenters. The Morgan fingerprint density at radius 2 is 1.93 bits per heavy atom. The molecule has 1 N–H and O–H groups in total. The number of pyridine rings is 2. The Morgan fingerprint density at radius 3 is 2.72 bits per heavy atom. The Morgan fingerprint density at radius 1 is 1.09 bits per heavy atom. The van der Waals surface area contributed by atoms with Crippen molar-refractivity contribution in [3.8, 4) is 17.0 Å².